The number of aromatic nitrogens is 4. The number of anilines is 1. The molecule has 0 atom stereocenters. The molecule has 1 aliphatic rings. The Labute approximate surface area is 187 Å². The Bertz CT molecular complexity index is 1160. The Morgan fingerprint density at radius 1 is 1.16 bits per heavy atom. The number of pyridine rings is 1. The number of nitrogens with zero attached hydrogens (tertiary/aromatic N) is 4. The first-order valence-electron chi connectivity index (χ1n) is 10.5. The normalized spacial score (nSPS) is 14.1. The van der Waals surface area contributed by atoms with Crippen LogP contribution in [-0.4, -0.2) is 39.9 Å². The van der Waals surface area contributed by atoms with E-state index in [0.29, 0.717) is 5.92 Å². The summed E-state index contributed by atoms with van der Waals surface area (Å²) < 4.78 is 1.81. The Hall–Kier alpha value is -3.03. The summed E-state index contributed by atoms with van der Waals surface area (Å²) in [4.78, 5) is 8.83. The van der Waals surface area contributed by atoms with E-state index in [1.807, 2.05) is 43.4 Å². The molecule has 0 amide bonds. The summed E-state index contributed by atoms with van der Waals surface area (Å²) in [7, 11) is 3.80. The van der Waals surface area contributed by atoms with E-state index in [4.69, 9.17) is 0 Å². The second kappa shape index (κ2) is 9.85. The number of piperidine rings is 1. The number of fused-ring (bicyclic) bond motifs is 1. The number of aryl methyl sites for hydroxylation is 1. The zero-order chi connectivity index (χ0) is 21.6. The minimum absolute atomic E-state index is 0.681. The molecule has 1 saturated heterocycles. The molecule has 5 rings (SSSR count). The standard InChI is InChI=1S/C14H14N4.C10H14N2S/c1-15-14-6-12-5-10(3-4-11(12)7-16-14)13-8-17-18(2)9-13;1-2-9-7-13-10(12-9)8-3-5-11-6-4-8/h3-9H,1-2H3,(H,15,16);2,7-8,11H,1,3-6H2. The van der Waals surface area contributed by atoms with E-state index >= 15 is 0 Å². The quantitative estimate of drug-likeness (QED) is 0.479. The van der Waals surface area contributed by atoms with Crippen LogP contribution in [0.4, 0.5) is 5.82 Å². The monoisotopic (exact) mass is 432 g/mol. The SMILES string of the molecule is C=Cc1csc(C2CCNCC2)n1.CNc1cc2cc(-c3cnn(C)c3)ccc2cn1. The average Bonchev–Trinajstić information content (AvgIpc) is 3.48. The first kappa shape index (κ1) is 21.2. The van der Waals surface area contributed by atoms with E-state index in [9.17, 15) is 0 Å². The van der Waals surface area contributed by atoms with Gasteiger partial charge in [0.15, 0.2) is 0 Å². The van der Waals surface area contributed by atoms with Gasteiger partial charge in [0.25, 0.3) is 0 Å². The molecule has 0 spiro atoms. The highest BCUT2D eigenvalue weighted by Crippen LogP contribution is 2.28. The minimum atomic E-state index is 0.681. The van der Waals surface area contributed by atoms with Crippen LogP contribution in [0.2, 0.25) is 0 Å². The molecule has 6 nitrogen and oxygen atoms in total. The Morgan fingerprint density at radius 3 is 2.68 bits per heavy atom. The Balaban J connectivity index is 0.000000158. The van der Waals surface area contributed by atoms with Crippen LogP contribution < -0.4 is 10.6 Å². The van der Waals surface area contributed by atoms with E-state index in [1.54, 1.807) is 11.3 Å². The molecule has 1 aliphatic heterocycles. The van der Waals surface area contributed by atoms with Gasteiger partial charge >= 0.3 is 0 Å². The van der Waals surface area contributed by atoms with Gasteiger partial charge < -0.3 is 10.6 Å². The molecule has 0 bridgehead atoms. The van der Waals surface area contributed by atoms with Crippen molar-refractivity contribution in [1.82, 2.24) is 25.1 Å². The Kier molecular flexibility index (Phi) is 6.74. The van der Waals surface area contributed by atoms with Gasteiger partial charge in [-0.2, -0.15) is 5.10 Å². The van der Waals surface area contributed by atoms with Crippen molar-refractivity contribution in [1.29, 1.82) is 0 Å². The maximum Gasteiger partial charge on any atom is 0.126 e. The molecule has 4 aromatic rings. The third-order valence-electron chi connectivity index (χ3n) is 5.45. The largest absolute Gasteiger partial charge is 0.373 e. The van der Waals surface area contributed by atoms with Crippen LogP contribution in [0.15, 0.2) is 54.8 Å². The van der Waals surface area contributed by atoms with Crippen molar-refractivity contribution in [3.05, 3.63) is 65.5 Å². The molecule has 2 N–H and O–H groups in total. The van der Waals surface area contributed by atoms with Crippen molar-refractivity contribution in [3.63, 3.8) is 0 Å². The van der Waals surface area contributed by atoms with Gasteiger partial charge in [-0.05, 0) is 55.1 Å². The van der Waals surface area contributed by atoms with E-state index in [2.05, 4.69) is 61.9 Å². The van der Waals surface area contributed by atoms with Gasteiger partial charge in [0.2, 0.25) is 0 Å². The number of thiazole rings is 1. The number of hydrogen-bond acceptors (Lipinski definition) is 6. The van der Waals surface area contributed by atoms with Crippen molar-refractivity contribution < 1.29 is 0 Å². The first-order valence-corrected chi connectivity index (χ1v) is 11.4. The summed E-state index contributed by atoms with van der Waals surface area (Å²) in [6.07, 6.45) is 10.0. The van der Waals surface area contributed by atoms with Crippen molar-refractivity contribution in [2.45, 2.75) is 18.8 Å². The van der Waals surface area contributed by atoms with Crippen LogP contribution in [0.3, 0.4) is 0 Å². The fraction of sp³-hybridized carbons (Fsp3) is 0.292. The lowest BCUT2D eigenvalue weighted by atomic mass is 9.99. The smallest absolute Gasteiger partial charge is 0.126 e. The van der Waals surface area contributed by atoms with Gasteiger partial charge in [-0.3, -0.25) is 4.68 Å². The summed E-state index contributed by atoms with van der Waals surface area (Å²) in [6.45, 7) is 5.99. The molecule has 1 fully saturated rings. The summed E-state index contributed by atoms with van der Waals surface area (Å²) in [5.41, 5.74) is 3.32. The molecular weight excluding hydrogens is 404 g/mol. The zero-order valence-corrected chi connectivity index (χ0v) is 18.8. The van der Waals surface area contributed by atoms with Gasteiger partial charge in [0, 0.05) is 48.7 Å². The van der Waals surface area contributed by atoms with Crippen LogP contribution in [0.5, 0.6) is 0 Å². The van der Waals surface area contributed by atoms with Gasteiger partial charge in [-0.1, -0.05) is 18.7 Å². The van der Waals surface area contributed by atoms with Crippen molar-refractivity contribution >= 4 is 34.0 Å². The third kappa shape index (κ3) is 5.18. The van der Waals surface area contributed by atoms with E-state index in [-0.39, 0.29) is 0 Å². The highest BCUT2D eigenvalue weighted by atomic mass is 32.1. The molecule has 0 aliphatic carbocycles. The summed E-state index contributed by atoms with van der Waals surface area (Å²) in [6, 6.07) is 8.40. The summed E-state index contributed by atoms with van der Waals surface area (Å²) >= 11 is 1.77. The van der Waals surface area contributed by atoms with Crippen molar-refractivity contribution in [2.24, 2.45) is 7.05 Å². The number of benzene rings is 1. The van der Waals surface area contributed by atoms with Gasteiger partial charge in [-0.25, -0.2) is 9.97 Å². The molecule has 7 heteroatoms. The number of hydrogen-bond donors (Lipinski definition) is 2. The van der Waals surface area contributed by atoms with E-state index in [0.717, 1.165) is 35.6 Å². The minimum Gasteiger partial charge on any atom is -0.373 e. The second-order valence-electron chi connectivity index (χ2n) is 7.62. The van der Waals surface area contributed by atoms with Crippen LogP contribution >= 0.6 is 11.3 Å². The molecular formula is C24H28N6S. The molecule has 31 heavy (non-hydrogen) atoms. The van der Waals surface area contributed by atoms with Crippen LogP contribution in [0.25, 0.3) is 28.0 Å². The first-order chi connectivity index (χ1) is 15.2. The summed E-state index contributed by atoms with van der Waals surface area (Å²) in [5, 5.41) is 16.3. The molecule has 0 radical (unpaired) electrons. The van der Waals surface area contributed by atoms with E-state index in [1.165, 1.54) is 28.8 Å². The average molecular weight is 433 g/mol. The predicted octanol–water partition coefficient (Wildman–Crippen LogP) is 4.93. The molecule has 3 aromatic heterocycles. The molecule has 0 saturated carbocycles. The van der Waals surface area contributed by atoms with Crippen molar-refractivity contribution in [3.8, 4) is 11.1 Å². The number of rotatable bonds is 4. The van der Waals surface area contributed by atoms with Gasteiger partial charge in [0.1, 0.15) is 5.82 Å². The third-order valence-corrected chi connectivity index (χ3v) is 6.48. The lowest BCUT2D eigenvalue weighted by Gasteiger charge is -2.20. The fourth-order valence-electron chi connectivity index (χ4n) is 3.68. The molecule has 4 heterocycles. The molecule has 0 unspecified atom stereocenters. The lowest BCUT2D eigenvalue weighted by Crippen LogP contribution is -2.26. The van der Waals surface area contributed by atoms with E-state index < -0.39 is 0 Å². The Morgan fingerprint density at radius 2 is 2.00 bits per heavy atom. The van der Waals surface area contributed by atoms with Crippen LogP contribution in [-0.2, 0) is 7.05 Å². The second-order valence-corrected chi connectivity index (χ2v) is 8.51. The van der Waals surface area contributed by atoms with Crippen LogP contribution in [0, 0.1) is 0 Å². The molecule has 1 aromatic carbocycles. The predicted molar refractivity (Wildman–Crippen MR) is 131 cm³/mol. The summed E-state index contributed by atoms with van der Waals surface area (Å²) in [5.74, 6) is 1.56. The van der Waals surface area contributed by atoms with Gasteiger partial charge in [-0.15, -0.1) is 11.3 Å². The zero-order valence-electron chi connectivity index (χ0n) is 18.0. The van der Waals surface area contributed by atoms with Crippen molar-refractivity contribution in [2.75, 3.05) is 25.5 Å². The lowest BCUT2D eigenvalue weighted by molar-refractivity contribution is 0.459. The maximum atomic E-state index is 4.53. The highest BCUT2D eigenvalue weighted by molar-refractivity contribution is 7.09. The fourth-order valence-corrected chi connectivity index (χ4v) is 4.66. The van der Waals surface area contributed by atoms with Crippen LogP contribution in [0.1, 0.15) is 29.5 Å². The molecule has 160 valence electrons. The van der Waals surface area contributed by atoms with Gasteiger partial charge in [0.05, 0.1) is 16.9 Å². The number of nitrogens with one attached hydrogen (secondary N) is 2. The topological polar surface area (TPSA) is 67.7 Å². The highest BCUT2D eigenvalue weighted by Gasteiger charge is 2.17. The maximum absolute atomic E-state index is 4.53.